The number of hydrogen-bond donors (Lipinski definition) is 1. The highest BCUT2D eigenvalue weighted by Crippen LogP contribution is 2.13. The summed E-state index contributed by atoms with van der Waals surface area (Å²) in [7, 11) is 1.99. The van der Waals surface area contributed by atoms with E-state index in [-0.39, 0.29) is 24.2 Å². The standard InChI is InChI=1S/C18H21FN2O/c1-14(21(2)16-9-4-3-5-10-16)13-20-18(22)12-15-8-6-7-11-17(15)19/h3-11,14H,12-13H2,1-2H3,(H,20,22)/t14-/m0/s1. The predicted molar refractivity (Wildman–Crippen MR) is 87.4 cm³/mol. The number of para-hydroxylation sites is 1. The van der Waals surface area contributed by atoms with Gasteiger partial charge in [-0.1, -0.05) is 36.4 Å². The van der Waals surface area contributed by atoms with Crippen molar-refractivity contribution in [1.82, 2.24) is 5.32 Å². The quantitative estimate of drug-likeness (QED) is 0.889. The molecule has 4 heteroatoms. The SMILES string of the molecule is C[C@@H](CNC(=O)Cc1ccccc1F)N(C)c1ccccc1. The van der Waals surface area contributed by atoms with Crippen molar-refractivity contribution >= 4 is 11.6 Å². The number of amides is 1. The summed E-state index contributed by atoms with van der Waals surface area (Å²) < 4.78 is 13.5. The zero-order chi connectivity index (χ0) is 15.9. The Morgan fingerprint density at radius 3 is 2.45 bits per heavy atom. The number of likely N-dealkylation sites (N-methyl/N-ethyl adjacent to an activating group) is 1. The first-order valence-corrected chi connectivity index (χ1v) is 7.36. The van der Waals surface area contributed by atoms with Gasteiger partial charge in [0.2, 0.25) is 5.91 Å². The van der Waals surface area contributed by atoms with Crippen molar-refractivity contribution in [3.8, 4) is 0 Å². The third kappa shape index (κ3) is 4.32. The van der Waals surface area contributed by atoms with E-state index in [4.69, 9.17) is 0 Å². The molecule has 2 aromatic carbocycles. The van der Waals surface area contributed by atoms with Crippen molar-refractivity contribution in [1.29, 1.82) is 0 Å². The summed E-state index contributed by atoms with van der Waals surface area (Å²) >= 11 is 0. The molecule has 22 heavy (non-hydrogen) atoms. The lowest BCUT2D eigenvalue weighted by atomic mass is 10.1. The monoisotopic (exact) mass is 300 g/mol. The predicted octanol–water partition coefficient (Wildman–Crippen LogP) is 3.01. The molecule has 0 radical (unpaired) electrons. The highest BCUT2D eigenvalue weighted by Gasteiger charge is 2.12. The Kier molecular flexibility index (Phi) is 5.53. The van der Waals surface area contributed by atoms with E-state index in [9.17, 15) is 9.18 Å². The van der Waals surface area contributed by atoms with E-state index in [0.717, 1.165) is 5.69 Å². The molecule has 0 unspecified atom stereocenters. The van der Waals surface area contributed by atoms with Gasteiger partial charge in [0.1, 0.15) is 5.82 Å². The lowest BCUT2D eigenvalue weighted by Gasteiger charge is -2.27. The first-order valence-electron chi connectivity index (χ1n) is 7.36. The lowest BCUT2D eigenvalue weighted by molar-refractivity contribution is -0.120. The Morgan fingerprint density at radius 1 is 1.14 bits per heavy atom. The normalized spacial score (nSPS) is 11.8. The molecule has 0 bridgehead atoms. The van der Waals surface area contributed by atoms with Gasteiger partial charge >= 0.3 is 0 Å². The number of nitrogens with one attached hydrogen (secondary N) is 1. The summed E-state index contributed by atoms with van der Waals surface area (Å²) in [5.41, 5.74) is 1.52. The number of carbonyl (C=O) groups excluding carboxylic acids is 1. The Labute approximate surface area is 130 Å². The number of nitrogens with zero attached hydrogens (tertiary/aromatic N) is 1. The molecule has 116 valence electrons. The van der Waals surface area contributed by atoms with Crippen LogP contribution in [0.15, 0.2) is 54.6 Å². The van der Waals surface area contributed by atoms with Crippen LogP contribution in [-0.2, 0) is 11.2 Å². The summed E-state index contributed by atoms with van der Waals surface area (Å²) in [5.74, 6) is -0.509. The van der Waals surface area contributed by atoms with Crippen LogP contribution in [0.1, 0.15) is 12.5 Å². The number of anilines is 1. The molecular formula is C18H21FN2O. The largest absolute Gasteiger partial charge is 0.370 e. The van der Waals surface area contributed by atoms with Gasteiger partial charge in [-0.15, -0.1) is 0 Å². The maximum absolute atomic E-state index is 13.5. The molecule has 1 N–H and O–H groups in total. The molecule has 2 rings (SSSR count). The van der Waals surface area contributed by atoms with Gasteiger partial charge in [-0.25, -0.2) is 4.39 Å². The van der Waals surface area contributed by atoms with Gasteiger partial charge in [0.15, 0.2) is 0 Å². The van der Waals surface area contributed by atoms with Crippen LogP contribution in [0.5, 0.6) is 0 Å². The van der Waals surface area contributed by atoms with Crippen LogP contribution in [0.3, 0.4) is 0 Å². The number of carbonyl (C=O) groups is 1. The summed E-state index contributed by atoms with van der Waals surface area (Å²) in [6, 6.07) is 16.5. The fourth-order valence-electron chi connectivity index (χ4n) is 2.19. The van der Waals surface area contributed by atoms with Gasteiger partial charge in [0.05, 0.1) is 6.42 Å². The zero-order valence-electron chi connectivity index (χ0n) is 12.9. The molecule has 0 aliphatic carbocycles. The van der Waals surface area contributed by atoms with Crippen LogP contribution in [0.4, 0.5) is 10.1 Å². The van der Waals surface area contributed by atoms with Crippen LogP contribution in [-0.4, -0.2) is 25.5 Å². The number of rotatable bonds is 6. The average Bonchev–Trinajstić information content (AvgIpc) is 2.55. The van der Waals surface area contributed by atoms with Crippen molar-refractivity contribution in [2.45, 2.75) is 19.4 Å². The molecule has 3 nitrogen and oxygen atoms in total. The van der Waals surface area contributed by atoms with Crippen molar-refractivity contribution < 1.29 is 9.18 Å². The Bertz CT molecular complexity index is 615. The van der Waals surface area contributed by atoms with E-state index in [1.54, 1.807) is 18.2 Å². The van der Waals surface area contributed by atoms with Crippen LogP contribution < -0.4 is 10.2 Å². The Balaban J connectivity index is 1.84. The molecule has 1 amide bonds. The van der Waals surface area contributed by atoms with E-state index in [1.807, 2.05) is 44.3 Å². The minimum absolute atomic E-state index is 0.0639. The van der Waals surface area contributed by atoms with Crippen molar-refractivity contribution in [2.24, 2.45) is 0 Å². The summed E-state index contributed by atoms with van der Waals surface area (Å²) in [6.45, 7) is 2.55. The maximum Gasteiger partial charge on any atom is 0.224 e. The third-order valence-corrected chi connectivity index (χ3v) is 3.73. The Morgan fingerprint density at radius 2 is 1.77 bits per heavy atom. The smallest absolute Gasteiger partial charge is 0.224 e. The first kappa shape index (κ1) is 16.0. The number of hydrogen-bond acceptors (Lipinski definition) is 2. The molecule has 0 aliphatic heterocycles. The molecular weight excluding hydrogens is 279 g/mol. The molecule has 1 atom stereocenters. The topological polar surface area (TPSA) is 32.3 Å². The highest BCUT2D eigenvalue weighted by atomic mass is 19.1. The van der Waals surface area contributed by atoms with E-state index in [2.05, 4.69) is 10.2 Å². The van der Waals surface area contributed by atoms with Gasteiger partial charge in [-0.3, -0.25) is 4.79 Å². The fourth-order valence-corrected chi connectivity index (χ4v) is 2.19. The second-order valence-electron chi connectivity index (χ2n) is 5.37. The molecule has 0 aliphatic rings. The molecule has 0 heterocycles. The van der Waals surface area contributed by atoms with Crippen molar-refractivity contribution in [2.75, 3.05) is 18.5 Å². The average molecular weight is 300 g/mol. The third-order valence-electron chi connectivity index (χ3n) is 3.73. The van der Waals surface area contributed by atoms with Crippen LogP contribution in [0, 0.1) is 5.82 Å². The second-order valence-corrected chi connectivity index (χ2v) is 5.37. The van der Waals surface area contributed by atoms with Gasteiger partial charge in [-0.2, -0.15) is 0 Å². The van der Waals surface area contributed by atoms with Gasteiger partial charge < -0.3 is 10.2 Å². The summed E-state index contributed by atoms with van der Waals surface area (Å²) in [6.07, 6.45) is 0.0639. The molecule has 0 aromatic heterocycles. The second kappa shape index (κ2) is 7.59. The van der Waals surface area contributed by atoms with Crippen LogP contribution >= 0.6 is 0 Å². The Hall–Kier alpha value is -2.36. The minimum Gasteiger partial charge on any atom is -0.370 e. The van der Waals surface area contributed by atoms with Crippen molar-refractivity contribution in [3.05, 3.63) is 66.0 Å². The molecule has 0 saturated carbocycles. The number of halogens is 1. The van der Waals surface area contributed by atoms with Gasteiger partial charge in [-0.05, 0) is 30.7 Å². The fraction of sp³-hybridized carbons (Fsp3) is 0.278. The summed E-state index contributed by atoms with van der Waals surface area (Å²) in [4.78, 5) is 14.0. The summed E-state index contributed by atoms with van der Waals surface area (Å²) in [5, 5.41) is 2.86. The number of benzene rings is 2. The van der Waals surface area contributed by atoms with E-state index >= 15 is 0 Å². The molecule has 2 aromatic rings. The van der Waals surface area contributed by atoms with Gasteiger partial charge in [0.25, 0.3) is 0 Å². The van der Waals surface area contributed by atoms with Gasteiger partial charge in [0, 0.05) is 25.3 Å². The first-order chi connectivity index (χ1) is 10.6. The van der Waals surface area contributed by atoms with E-state index < -0.39 is 0 Å². The molecule has 0 spiro atoms. The van der Waals surface area contributed by atoms with Crippen LogP contribution in [0.25, 0.3) is 0 Å². The van der Waals surface area contributed by atoms with E-state index in [1.165, 1.54) is 6.07 Å². The zero-order valence-corrected chi connectivity index (χ0v) is 12.9. The molecule has 0 saturated heterocycles. The minimum atomic E-state index is -0.341. The van der Waals surface area contributed by atoms with Crippen molar-refractivity contribution in [3.63, 3.8) is 0 Å². The highest BCUT2D eigenvalue weighted by molar-refractivity contribution is 5.78. The molecule has 0 fully saturated rings. The maximum atomic E-state index is 13.5. The van der Waals surface area contributed by atoms with Crippen LogP contribution in [0.2, 0.25) is 0 Å². The van der Waals surface area contributed by atoms with E-state index in [0.29, 0.717) is 12.1 Å². The lowest BCUT2D eigenvalue weighted by Crippen LogP contribution is -2.40.